The van der Waals surface area contributed by atoms with Crippen LogP contribution in [-0.4, -0.2) is 24.2 Å². The molecule has 2 aromatic rings. The second kappa shape index (κ2) is 5.65. The van der Waals surface area contributed by atoms with Crippen molar-refractivity contribution in [1.29, 1.82) is 0 Å². The molecule has 19 heavy (non-hydrogen) atoms. The Morgan fingerprint density at radius 3 is 2.74 bits per heavy atom. The summed E-state index contributed by atoms with van der Waals surface area (Å²) in [6.07, 6.45) is 0. The Bertz CT molecular complexity index is 575. The predicted octanol–water partition coefficient (Wildman–Crippen LogP) is 4.31. The van der Waals surface area contributed by atoms with Gasteiger partial charge in [0.05, 0.1) is 11.0 Å². The maximum absolute atomic E-state index is 6.04. The van der Waals surface area contributed by atoms with Crippen LogP contribution in [0.25, 0.3) is 11.0 Å². The summed E-state index contributed by atoms with van der Waals surface area (Å²) in [4.78, 5) is 4.51. The molecule has 0 atom stereocenters. The SMILES string of the molecule is Cc1nc2ccc(Cl)cc2n1COCC[Si](C)(C)C. The molecule has 104 valence electrons. The first-order valence-corrected chi connectivity index (χ1v) is 10.7. The van der Waals surface area contributed by atoms with Gasteiger partial charge in [-0.15, -0.1) is 0 Å². The van der Waals surface area contributed by atoms with Crippen LogP contribution >= 0.6 is 11.6 Å². The van der Waals surface area contributed by atoms with Crippen molar-refractivity contribution in [3.63, 3.8) is 0 Å². The highest BCUT2D eigenvalue weighted by Gasteiger charge is 2.13. The van der Waals surface area contributed by atoms with Crippen molar-refractivity contribution in [2.24, 2.45) is 0 Å². The monoisotopic (exact) mass is 296 g/mol. The van der Waals surface area contributed by atoms with E-state index in [9.17, 15) is 0 Å². The number of hydrogen-bond acceptors (Lipinski definition) is 2. The second-order valence-electron chi connectivity index (χ2n) is 6.07. The fraction of sp³-hybridized carbons (Fsp3) is 0.500. The van der Waals surface area contributed by atoms with Gasteiger partial charge in [0.25, 0.3) is 0 Å². The van der Waals surface area contributed by atoms with Crippen LogP contribution in [0.1, 0.15) is 5.82 Å². The summed E-state index contributed by atoms with van der Waals surface area (Å²) in [7, 11) is -1.03. The predicted molar refractivity (Wildman–Crippen MR) is 83.6 cm³/mol. The Hall–Kier alpha value is -0.843. The van der Waals surface area contributed by atoms with Gasteiger partial charge in [-0.2, -0.15) is 0 Å². The lowest BCUT2D eigenvalue weighted by Gasteiger charge is -2.16. The first kappa shape index (κ1) is 14.6. The maximum Gasteiger partial charge on any atom is 0.124 e. The minimum Gasteiger partial charge on any atom is -0.361 e. The normalized spacial score (nSPS) is 12.3. The molecule has 1 aromatic carbocycles. The molecule has 2 rings (SSSR count). The van der Waals surface area contributed by atoms with E-state index in [1.165, 1.54) is 6.04 Å². The lowest BCUT2D eigenvalue weighted by atomic mass is 10.3. The average Bonchev–Trinajstić information content (AvgIpc) is 2.59. The minimum absolute atomic E-state index is 0.549. The standard InChI is InChI=1S/C14H21ClN2OSi/c1-11-16-13-6-5-12(15)9-14(13)17(11)10-18-7-8-19(2,3)4/h5-6,9H,7-8,10H2,1-4H3. The summed E-state index contributed by atoms with van der Waals surface area (Å²) in [6.45, 7) is 10.4. The van der Waals surface area contributed by atoms with Crippen molar-refractivity contribution in [3.8, 4) is 0 Å². The molecule has 5 heteroatoms. The third-order valence-electron chi connectivity index (χ3n) is 3.12. The molecule has 1 aromatic heterocycles. The van der Waals surface area contributed by atoms with E-state index in [0.29, 0.717) is 6.73 Å². The molecule has 0 saturated heterocycles. The van der Waals surface area contributed by atoms with Crippen LogP contribution in [0.2, 0.25) is 30.7 Å². The molecule has 0 amide bonds. The fourth-order valence-corrected chi connectivity index (χ4v) is 2.84. The molecule has 3 nitrogen and oxygen atoms in total. The summed E-state index contributed by atoms with van der Waals surface area (Å²) < 4.78 is 7.87. The van der Waals surface area contributed by atoms with Crippen LogP contribution in [0, 0.1) is 6.92 Å². The van der Waals surface area contributed by atoms with Gasteiger partial charge >= 0.3 is 0 Å². The second-order valence-corrected chi connectivity index (χ2v) is 12.1. The topological polar surface area (TPSA) is 27.1 Å². The van der Waals surface area contributed by atoms with Crippen molar-refractivity contribution >= 4 is 30.7 Å². The van der Waals surface area contributed by atoms with E-state index in [1.807, 2.05) is 25.1 Å². The molecular weight excluding hydrogens is 276 g/mol. The zero-order valence-corrected chi connectivity index (χ0v) is 13.8. The van der Waals surface area contributed by atoms with E-state index in [1.54, 1.807) is 0 Å². The van der Waals surface area contributed by atoms with Crippen LogP contribution in [0.3, 0.4) is 0 Å². The maximum atomic E-state index is 6.04. The Morgan fingerprint density at radius 1 is 1.32 bits per heavy atom. The minimum atomic E-state index is -1.03. The van der Waals surface area contributed by atoms with Crippen molar-refractivity contribution in [3.05, 3.63) is 29.0 Å². The third kappa shape index (κ3) is 3.81. The highest BCUT2D eigenvalue weighted by atomic mass is 35.5. The van der Waals surface area contributed by atoms with Gasteiger partial charge in [-0.25, -0.2) is 4.98 Å². The lowest BCUT2D eigenvalue weighted by molar-refractivity contribution is 0.0885. The number of nitrogens with zero attached hydrogens (tertiary/aromatic N) is 2. The molecular formula is C14H21ClN2OSi. The number of ether oxygens (including phenoxy) is 1. The van der Waals surface area contributed by atoms with Gasteiger partial charge in [0.2, 0.25) is 0 Å². The number of hydrogen-bond donors (Lipinski definition) is 0. The quantitative estimate of drug-likeness (QED) is 0.607. The smallest absolute Gasteiger partial charge is 0.124 e. The molecule has 0 spiro atoms. The fourth-order valence-electron chi connectivity index (χ4n) is 1.91. The highest BCUT2D eigenvalue weighted by Crippen LogP contribution is 2.20. The highest BCUT2D eigenvalue weighted by molar-refractivity contribution is 6.76. The molecule has 0 aliphatic rings. The summed E-state index contributed by atoms with van der Waals surface area (Å²) in [6, 6.07) is 6.94. The Kier molecular flexibility index (Phi) is 4.33. The van der Waals surface area contributed by atoms with Crippen LogP contribution < -0.4 is 0 Å². The first-order chi connectivity index (χ1) is 8.87. The molecule has 0 radical (unpaired) electrons. The van der Waals surface area contributed by atoms with Gasteiger partial charge in [0, 0.05) is 19.7 Å². The molecule has 0 aliphatic heterocycles. The van der Waals surface area contributed by atoms with E-state index in [2.05, 4.69) is 29.2 Å². The van der Waals surface area contributed by atoms with Crippen LogP contribution in [-0.2, 0) is 11.5 Å². The van der Waals surface area contributed by atoms with Gasteiger partial charge in [-0.3, -0.25) is 0 Å². The van der Waals surface area contributed by atoms with E-state index in [-0.39, 0.29) is 0 Å². The molecule has 0 unspecified atom stereocenters. The van der Waals surface area contributed by atoms with E-state index >= 15 is 0 Å². The van der Waals surface area contributed by atoms with Gasteiger partial charge in [-0.05, 0) is 31.2 Å². The first-order valence-electron chi connectivity index (χ1n) is 6.57. The molecule has 0 fully saturated rings. The zero-order valence-electron chi connectivity index (χ0n) is 12.0. The lowest BCUT2D eigenvalue weighted by Crippen LogP contribution is -2.22. The molecule has 0 bridgehead atoms. The molecule has 0 saturated carbocycles. The van der Waals surface area contributed by atoms with Gasteiger partial charge in [-0.1, -0.05) is 31.2 Å². The van der Waals surface area contributed by atoms with Crippen LogP contribution in [0.15, 0.2) is 18.2 Å². The largest absolute Gasteiger partial charge is 0.361 e. The van der Waals surface area contributed by atoms with Crippen LogP contribution in [0.5, 0.6) is 0 Å². The molecule has 0 aliphatic carbocycles. The summed E-state index contributed by atoms with van der Waals surface area (Å²) in [5.74, 6) is 0.963. The van der Waals surface area contributed by atoms with E-state index < -0.39 is 8.07 Å². The van der Waals surface area contributed by atoms with Crippen molar-refractivity contribution in [1.82, 2.24) is 9.55 Å². The molecule has 0 N–H and O–H groups in total. The van der Waals surface area contributed by atoms with E-state index in [0.717, 1.165) is 28.5 Å². The van der Waals surface area contributed by atoms with Gasteiger partial charge in [0.1, 0.15) is 12.6 Å². The molecule has 1 heterocycles. The zero-order chi connectivity index (χ0) is 14.0. The Labute approximate surface area is 120 Å². The number of fused-ring (bicyclic) bond motifs is 1. The van der Waals surface area contributed by atoms with E-state index in [4.69, 9.17) is 16.3 Å². The number of benzene rings is 1. The Morgan fingerprint density at radius 2 is 2.05 bits per heavy atom. The van der Waals surface area contributed by atoms with Crippen LogP contribution in [0.4, 0.5) is 0 Å². The number of rotatable bonds is 5. The van der Waals surface area contributed by atoms with Gasteiger partial charge in [0.15, 0.2) is 0 Å². The Balaban J connectivity index is 2.08. The number of aryl methyl sites for hydroxylation is 1. The number of aromatic nitrogens is 2. The number of imidazole rings is 1. The summed E-state index contributed by atoms with van der Waals surface area (Å²) in [5.41, 5.74) is 2.01. The van der Waals surface area contributed by atoms with Crippen molar-refractivity contribution < 1.29 is 4.74 Å². The third-order valence-corrected chi connectivity index (χ3v) is 5.06. The average molecular weight is 297 g/mol. The van der Waals surface area contributed by atoms with Crippen molar-refractivity contribution in [2.75, 3.05) is 6.61 Å². The summed E-state index contributed by atoms with van der Waals surface area (Å²) >= 11 is 6.04. The van der Waals surface area contributed by atoms with Crippen molar-refractivity contribution in [2.45, 2.75) is 39.3 Å². The van der Waals surface area contributed by atoms with Gasteiger partial charge < -0.3 is 9.30 Å². The number of halogens is 1. The summed E-state index contributed by atoms with van der Waals surface area (Å²) in [5, 5.41) is 0.732.